The van der Waals surface area contributed by atoms with Gasteiger partial charge >= 0.3 is 0 Å². The molecule has 2 aromatic rings. The van der Waals surface area contributed by atoms with E-state index in [1.165, 1.54) is 0 Å². The zero-order valence-corrected chi connectivity index (χ0v) is 12.8. The molecule has 0 saturated heterocycles. The van der Waals surface area contributed by atoms with Crippen LogP contribution in [-0.4, -0.2) is 22.7 Å². The van der Waals surface area contributed by atoms with Gasteiger partial charge in [0.05, 0.1) is 23.4 Å². The van der Waals surface area contributed by atoms with Crippen LogP contribution < -0.4 is 4.74 Å². The lowest BCUT2D eigenvalue weighted by molar-refractivity contribution is 0.335. The Balaban J connectivity index is 2.01. The van der Waals surface area contributed by atoms with Gasteiger partial charge in [0, 0.05) is 0 Å². The molecule has 0 radical (unpaired) electrons. The standard InChI is InChI=1S/C18H21FN2O/c1-3-11-22-18-13-20-17-12-15(9-10-16(17)21-18)8-6-4-5-7-14(2)19/h3,6,8-10,12-14H,1,4-5,7,11H2,2H3. The number of nitrogens with zero attached hydrogens (tertiary/aromatic N) is 2. The van der Waals surface area contributed by atoms with E-state index < -0.39 is 6.17 Å². The molecule has 1 aromatic carbocycles. The second kappa shape index (κ2) is 8.27. The van der Waals surface area contributed by atoms with Gasteiger partial charge in [0.1, 0.15) is 6.61 Å². The van der Waals surface area contributed by atoms with Crippen molar-refractivity contribution in [3.05, 3.63) is 48.7 Å². The van der Waals surface area contributed by atoms with E-state index in [4.69, 9.17) is 4.74 Å². The van der Waals surface area contributed by atoms with E-state index in [1.54, 1.807) is 19.2 Å². The van der Waals surface area contributed by atoms with E-state index >= 15 is 0 Å². The summed E-state index contributed by atoms with van der Waals surface area (Å²) in [6.45, 7) is 5.61. The Labute approximate surface area is 130 Å². The monoisotopic (exact) mass is 300 g/mol. The number of benzene rings is 1. The number of halogens is 1. The van der Waals surface area contributed by atoms with Gasteiger partial charge in [-0.1, -0.05) is 30.9 Å². The van der Waals surface area contributed by atoms with Crippen LogP contribution in [0.2, 0.25) is 0 Å². The molecule has 1 atom stereocenters. The second-order valence-electron chi connectivity index (χ2n) is 5.17. The molecule has 0 amide bonds. The number of allylic oxidation sites excluding steroid dienone is 1. The lowest BCUT2D eigenvalue weighted by Gasteiger charge is -2.03. The van der Waals surface area contributed by atoms with Gasteiger partial charge in [-0.15, -0.1) is 0 Å². The van der Waals surface area contributed by atoms with E-state index in [0.29, 0.717) is 18.9 Å². The molecule has 1 heterocycles. The maximum atomic E-state index is 12.7. The predicted molar refractivity (Wildman–Crippen MR) is 88.7 cm³/mol. The largest absolute Gasteiger partial charge is 0.472 e. The van der Waals surface area contributed by atoms with Gasteiger partial charge in [-0.25, -0.2) is 14.4 Å². The maximum Gasteiger partial charge on any atom is 0.233 e. The summed E-state index contributed by atoms with van der Waals surface area (Å²) in [6.07, 6.45) is 9.02. The Bertz CT molecular complexity index is 653. The molecule has 4 heteroatoms. The Kier molecular flexibility index (Phi) is 6.07. The second-order valence-corrected chi connectivity index (χ2v) is 5.17. The number of unbranched alkanes of at least 4 members (excludes halogenated alkanes) is 1. The summed E-state index contributed by atoms with van der Waals surface area (Å²) < 4.78 is 18.0. The molecule has 0 saturated carbocycles. The first-order valence-corrected chi connectivity index (χ1v) is 7.50. The van der Waals surface area contributed by atoms with E-state index in [2.05, 4.69) is 22.6 Å². The molecule has 3 nitrogen and oxygen atoms in total. The first-order chi connectivity index (χ1) is 10.7. The van der Waals surface area contributed by atoms with Gasteiger partial charge in [0.2, 0.25) is 5.88 Å². The van der Waals surface area contributed by atoms with E-state index in [0.717, 1.165) is 29.4 Å². The van der Waals surface area contributed by atoms with Crippen LogP contribution in [0.5, 0.6) is 5.88 Å². The van der Waals surface area contributed by atoms with Gasteiger partial charge in [0.25, 0.3) is 0 Å². The van der Waals surface area contributed by atoms with Gasteiger partial charge < -0.3 is 4.74 Å². The highest BCUT2D eigenvalue weighted by Crippen LogP contribution is 2.17. The zero-order chi connectivity index (χ0) is 15.8. The number of aromatic nitrogens is 2. The fraction of sp³-hybridized carbons (Fsp3) is 0.333. The average molecular weight is 300 g/mol. The van der Waals surface area contributed by atoms with E-state index in [1.807, 2.05) is 24.3 Å². The molecular weight excluding hydrogens is 279 g/mol. The van der Waals surface area contributed by atoms with Crippen molar-refractivity contribution in [2.75, 3.05) is 6.61 Å². The molecule has 2 rings (SSSR count). The summed E-state index contributed by atoms with van der Waals surface area (Å²) in [6, 6.07) is 5.89. The van der Waals surface area contributed by atoms with Crippen LogP contribution in [-0.2, 0) is 0 Å². The minimum Gasteiger partial charge on any atom is -0.472 e. The Morgan fingerprint density at radius 2 is 2.23 bits per heavy atom. The highest BCUT2D eigenvalue weighted by Gasteiger charge is 2.01. The first kappa shape index (κ1) is 16.1. The number of ether oxygens (including phenoxy) is 1. The Morgan fingerprint density at radius 1 is 1.36 bits per heavy atom. The fourth-order valence-corrected chi connectivity index (χ4v) is 2.06. The lowest BCUT2D eigenvalue weighted by atomic mass is 10.1. The first-order valence-electron chi connectivity index (χ1n) is 7.50. The van der Waals surface area contributed by atoms with Crippen LogP contribution in [0, 0.1) is 0 Å². The van der Waals surface area contributed by atoms with Gasteiger partial charge in [-0.05, 0) is 43.9 Å². The van der Waals surface area contributed by atoms with Crippen molar-refractivity contribution in [2.45, 2.75) is 32.4 Å². The van der Waals surface area contributed by atoms with Crippen LogP contribution in [0.3, 0.4) is 0 Å². The number of hydrogen-bond donors (Lipinski definition) is 0. The van der Waals surface area contributed by atoms with Crippen LogP contribution in [0.4, 0.5) is 4.39 Å². The molecule has 22 heavy (non-hydrogen) atoms. The third-order valence-corrected chi connectivity index (χ3v) is 3.18. The predicted octanol–water partition coefficient (Wildman–Crippen LogP) is 4.74. The summed E-state index contributed by atoms with van der Waals surface area (Å²) in [5, 5.41) is 0. The number of hydrogen-bond acceptors (Lipinski definition) is 3. The van der Waals surface area contributed by atoms with Crippen LogP contribution in [0.15, 0.2) is 43.1 Å². The quantitative estimate of drug-likeness (QED) is 0.522. The van der Waals surface area contributed by atoms with Crippen LogP contribution >= 0.6 is 0 Å². The van der Waals surface area contributed by atoms with Gasteiger partial charge in [0.15, 0.2) is 0 Å². The van der Waals surface area contributed by atoms with Crippen molar-refractivity contribution in [1.29, 1.82) is 0 Å². The smallest absolute Gasteiger partial charge is 0.233 e. The molecule has 0 aliphatic carbocycles. The fourth-order valence-electron chi connectivity index (χ4n) is 2.06. The molecule has 0 bridgehead atoms. The zero-order valence-electron chi connectivity index (χ0n) is 12.8. The van der Waals surface area contributed by atoms with Gasteiger partial charge in [-0.3, -0.25) is 0 Å². The normalized spacial score (nSPS) is 12.6. The lowest BCUT2D eigenvalue weighted by Crippen LogP contribution is -1.96. The van der Waals surface area contributed by atoms with Crippen molar-refractivity contribution in [2.24, 2.45) is 0 Å². The molecule has 0 aliphatic heterocycles. The van der Waals surface area contributed by atoms with Crippen molar-refractivity contribution in [3.8, 4) is 5.88 Å². The molecule has 0 aliphatic rings. The molecule has 116 valence electrons. The summed E-state index contributed by atoms with van der Waals surface area (Å²) in [4.78, 5) is 8.74. The molecule has 1 aromatic heterocycles. The SMILES string of the molecule is C=CCOc1cnc2cc(C=CCCCC(C)F)ccc2n1. The number of rotatable bonds is 8. The van der Waals surface area contributed by atoms with Crippen molar-refractivity contribution in [1.82, 2.24) is 9.97 Å². The summed E-state index contributed by atoms with van der Waals surface area (Å²) in [5.41, 5.74) is 2.69. The summed E-state index contributed by atoms with van der Waals surface area (Å²) in [7, 11) is 0. The number of alkyl halides is 1. The Hall–Kier alpha value is -2.23. The molecule has 0 N–H and O–H groups in total. The molecule has 0 fully saturated rings. The van der Waals surface area contributed by atoms with Crippen molar-refractivity contribution >= 4 is 17.1 Å². The number of fused-ring (bicyclic) bond motifs is 1. The maximum absolute atomic E-state index is 12.7. The summed E-state index contributed by atoms with van der Waals surface area (Å²) >= 11 is 0. The molecule has 0 spiro atoms. The highest BCUT2D eigenvalue weighted by atomic mass is 19.1. The minimum absolute atomic E-state index is 0.415. The third-order valence-electron chi connectivity index (χ3n) is 3.18. The topological polar surface area (TPSA) is 35.0 Å². The molecular formula is C18H21FN2O. The van der Waals surface area contributed by atoms with Crippen molar-refractivity contribution in [3.63, 3.8) is 0 Å². The Morgan fingerprint density at radius 3 is 3.00 bits per heavy atom. The van der Waals surface area contributed by atoms with Gasteiger partial charge in [-0.2, -0.15) is 0 Å². The average Bonchev–Trinajstić information content (AvgIpc) is 2.52. The third kappa shape index (κ3) is 4.95. The van der Waals surface area contributed by atoms with E-state index in [-0.39, 0.29) is 0 Å². The van der Waals surface area contributed by atoms with Crippen LogP contribution in [0.25, 0.3) is 17.1 Å². The van der Waals surface area contributed by atoms with Crippen LogP contribution in [0.1, 0.15) is 31.7 Å². The molecule has 1 unspecified atom stereocenters. The highest BCUT2D eigenvalue weighted by molar-refractivity contribution is 5.77. The minimum atomic E-state index is -0.721. The van der Waals surface area contributed by atoms with E-state index in [9.17, 15) is 4.39 Å². The summed E-state index contributed by atoms with van der Waals surface area (Å²) in [5.74, 6) is 0.496. The van der Waals surface area contributed by atoms with Crippen molar-refractivity contribution < 1.29 is 9.13 Å².